The van der Waals surface area contributed by atoms with Gasteiger partial charge in [0.05, 0.1) is 16.4 Å². The zero-order chi connectivity index (χ0) is 21.0. The van der Waals surface area contributed by atoms with Gasteiger partial charge in [0, 0.05) is 44.0 Å². The van der Waals surface area contributed by atoms with Crippen LogP contribution in [0.25, 0.3) is 0 Å². The number of nitrogens with zero attached hydrogens (tertiary/aromatic N) is 3. The van der Waals surface area contributed by atoms with Gasteiger partial charge in [-0.2, -0.15) is 4.31 Å². The molecular formula is C19H22N4O5S. The third-order valence-corrected chi connectivity index (χ3v) is 6.68. The van der Waals surface area contributed by atoms with Crippen LogP contribution < -0.4 is 5.32 Å². The first-order valence-corrected chi connectivity index (χ1v) is 10.5. The molecule has 1 fully saturated rings. The molecule has 3 rings (SSSR count). The maximum Gasteiger partial charge on any atom is 0.270 e. The van der Waals surface area contributed by atoms with Crippen LogP contribution in [0.1, 0.15) is 5.56 Å². The van der Waals surface area contributed by atoms with E-state index in [1.807, 2.05) is 36.1 Å². The van der Waals surface area contributed by atoms with Crippen LogP contribution >= 0.6 is 0 Å². The topological polar surface area (TPSA) is 113 Å². The lowest BCUT2D eigenvalue weighted by Crippen LogP contribution is -2.50. The van der Waals surface area contributed by atoms with Crippen LogP contribution in [0.5, 0.6) is 0 Å². The highest BCUT2D eigenvalue weighted by atomic mass is 32.2. The summed E-state index contributed by atoms with van der Waals surface area (Å²) >= 11 is 0. The number of piperazine rings is 1. The Labute approximate surface area is 169 Å². The van der Waals surface area contributed by atoms with Crippen LogP contribution in [0.4, 0.5) is 11.4 Å². The predicted molar refractivity (Wildman–Crippen MR) is 108 cm³/mol. The summed E-state index contributed by atoms with van der Waals surface area (Å²) < 4.78 is 26.8. The minimum atomic E-state index is -3.82. The minimum absolute atomic E-state index is 0.0996. The largest absolute Gasteiger partial charge is 0.325 e. The first-order valence-electron chi connectivity index (χ1n) is 9.10. The first kappa shape index (κ1) is 20.9. The summed E-state index contributed by atoms with van der Waals surface area (Å²) in [7, 11) is -3.82. The summed E-state index contributed by atoms with van der Waals surface area (Å²) in [5, 5.41) is 13.8. The van der Waals surface area contributed by atoms with Crippen LogP contribution in [-0.4, -0.2) is 61.2 Å². The van der Waals surface area contributed by atoms with Crippen LogP contribution in [-0.2, 0) is 14.8 Å². The number of hydrogen-bond donors (Lipinski definition) is 1. The molecule has 1 saturated heterocycles. The molecule has 2 aromatic rings. The maximum absolute atomic E-state index is 12.8. The van der Waals surface area contributed by atoms with Gasteiger partial charge in [0.2, 0.25) is 15.9 Å². The van der Waals surface area contributed by atoms with Crippen molar-refractivity contribution in [1.82, 2.24) is 9.21 Å². The molecule has 1 N–H and O–H groups in total. The van der Waals surface area contributed by atoms with Crippen molar-refractivity contribution in [2.45, 2.75) is 11.8 Å². The molecule has 0 aliphatic carbocycles. The summed E-state index contributed by atoms with van der Waals surface area (Å²) in [6.07, 6.45) is 0. The molecule has 29 heavy (non-hydrogen) atoms. The zero-order valence-corrected chi connectivity index (χ0v) is 16.8. The summed E-state index contributed by atoms with van der Waals surface area (Å²) in [6, 6.07) is 12.5. The molecule has 1 amide bonds. The predicted octanol–water partition coefficient (Wildman–Crippen LogP) is 1.85. The number of non-ortho nitro benzene ring substituents is 1. The van der Waals surface area contributed by atoms with Gasteiger partial charge in [-0.05, 0) is 24.6 Å². The molecule has 10 heteroatoms. The third kappa shape index (κ3) is 4.97. The maximum atomic E-state index is 12.8. The van der Waals surface area contributed by atoms with E-state index in [-0.39, 0.29) is 36.1 Å². The van der Waals surface area contributed by atoms with Crippen molar-refractivity contribution in [3.63, 3.8) is 0 Å². The zero-order valence-electron chi connectivity index (χ0n) is 15.9. The second-order valence-corrected chi connectivity index (χ2v) is 8.74. The van der Waals surface area contributed by atoms with Crippen LogP contribution in [0, 0.1) is 17.0 Å². The Hall–Kier alpha value is -2.82. The average molecular weight is 418 g/mol. The van der Waals surface area contributed by atoms with Crippen molar-refractivity contribution in [3.05, 3.63) is 64.2 Å². The second-order valence-electron chi connectivity index (χ2n) is 6.80. The smallest absolute Gasteiger partial charge is 0.270 e. The fourth-order valence-electron chi connectivity index (χ4n) is 3.14. The molecule has 0 radical (unpaired) electrons. The van der Waals surface area contributed by atoms with E-state index in [1.54, 1.807) is 0 Å². The summed E-state index contributed by atoms with van der Waals surface area (Å²) in [6.45, 7) is 3.29. The van der Waals surface area contributed by atoms with E-state index < -0.39 is 14.9 Å². The van der Waals surface area contributed by atoms with Gasteiger partial charge in [-0.25, -0.2) is 8.42 Å². The van der Waals surface area contributed by atoms with E-state index in [0.29, 0.717) is 13.1 Å². The Morgan fingerprint density at radius 2 is 1.79 bits per heavy atom. The van der Waals surface area contributed by atoms with E-state index in [1.165, 1.54) is 22.5 Å². The van der Waals surface area contributed by atoms with Crippen molar-refractivity contribution in [2.75, 3.05) is 38.0 Å². The number of carbonyl (C=O) groups excluding carboxylic acids is 1. The number of sulfonamides is 1. The fourth-order valence-corrected chi connectivity index (χ4v) is 4.60. The summed E-state index contributed by atoms with van der Waals surface area (Å²) in [5.74, 6) is -0.158. The number of para-hydroxylation sites is 1. The van der Waals surface area contributed by atoms with Gasteiger partial charge < -0.3 is 5.32 Å². The molecule has 9 nitrogen and oxygen atoms in total. The fraction of sp³-hybridized carbons (Fsp3) is 0.316. The second kappa shape index (κ2) is 8.68. The number of carbonyl (C=O) groups is 1. The minimum Gasteiger partial charge on any atom is -0.325 e. The van der Waals surface area contributed by atoms with E-state index in [0.717, 1.165) is 17.3 Å². The van der Waals surface area contributed by atoms with Crippen molar-refractivity contribution in [1.29, 1.82) is 0 Å². The number of nitro benzene ring substituents is 1. The molecule has 1 heterocycles. The van der Waals surface area contributed by atoms with Crippen molar-refractivity contribution >= 4 is 27.3 Å². The molecule has 0 atom stereocenters. The van der Waals surface area contributed by atoms with Crippen LogP contribution in [0.15, 0.2) is 53.4 Å². The lowest BCUT2D eigenvalue weighted by molar-refractivity contribution is -0.385. The van der Waals surface area contributed by atoms with Gasteiger partial charge in [-0.15, -0.1) is 0 Å². The van der Waals surface area contributed by atoms with Crippen molar-refractivity contribution < 1.29 is 18.1 Å². The highest BCUT2D eigenvalue weighted by Gasteiger charge is 2.30. The Morgan fingerprint density at radius 1 is 1.10 bits per heavy atom. The Bertz CT molecular complexity index is 1020. The molecule has 0 spiro atoms. The Morgan fingerprint density at radius 3 is 2.45 bits per heavy atom. The summed E-state index contributed by atoms with van der Waals surface area (Å²) in [4.78, 5) is 24.4. The van der Waals surface area contributed by atoms with Gasteiger partial charge in [0.1, 0.15) is 0 Å². The van der Waals surface area contributed by atoms with Crippen LogP contribution in [0.2, 0.25) is 0 Å². The molecule has 1 aliphatic heterocycles. The lowest BCUT2D eigenvalue weighted by atomic mass is 10.2. The molecule has 1 aliphatic rings. The quantitative estimate of drug-likeness (QED) is 0.566. The number of nitro groups is 1. The molecule has 154 valence electrons. The monoisotopic (exact) mass is 418 g/mol. The van der Waals surface area contributed by atoms with Gasteiger partial charge in [-0.1, -0.05) is 24.3 Å². The van der Waals surface area contributed by atoms with Crippen molar-refractivity contribution in [3.8, 4) is 0 Å². The number of nitrogens with one attached hydrogen (secondary N) is 1. The highest BCUT2D eigenvalue weighted by molar-refractivity contribution is 7.89. The van der Waals surface area contributed by atoms with Gasteiger partial charge >= 0.3 is 0 Å². The summed E-state index contributed by atoms with van der Waals surface area (Å²) in [5.41, 5.74) is 1.45. The molecule has 0 saturated carbocycles. The number of benzene rings is 2. The molecule has 0 aromatic heterocycles. The van der Waals surface area contributed by atoms with Crippen molar-refractivity contribution in [2.24, 2.45) is 0 Å². The molecule has 0 bridgehead atoms. The van der Waals surface area contributed by atoms with E-state index in [9.17, 15) is 23.3 Å². The Balaban J connectivity index is 1.58. The number of aryl methyl sites for hydroxylation is 1. The van der Waals surface area contributed by atoms with Gasteiger partial charge in [-0.3, -0.25) is 19.8 Å². The molecule has 2 aromatic carbocycles. The number of anilines is 1. The average Bonchev–Trinajstić information content (AvgIpc) is 2.70. The normalized spacial score (nSPS) is 15.8. The van der Waals surface area contributed by atoms with E-state index >= 15 is 0 Å². The Kier molecular flexibility index (Phi) is 6.26. The number of hydrogen-bond acceptors (Lipinski definition) is 6. The number of rotatable bonds is 6. The first-order chi connectivity index (χ1) is 13.8. The molecular weight excluding hydrogens is 396 g/mol. The highest BCUT2D eigenvalue weighted by Crippen LogP contribution is 2.22. The number of amides is 1. The van der Waals surface area contributed by atoms with Gasteiger partial charge in [0.25, 0.3) is 5.69 Å². The third-order valence-electron chi connectivity index (χ3n) is 4.78. The van der Waals surface area contributed by atoms with Crippen LogP contribution in [0.3, 0.4) is 0 Å². The van der Waals surface area contributed by atoms with E-state index in [2.05, 4.69) is 5.32 Å². The van der Waals surface area contributed by atoms with E-state index in [4.69, 9.17) is 0 Å². The van der Waals surface area contributed by atoms with Gasteiger partial charge in [0.15, 0.2) is 0 Å². The lowest BCUT2D eigenvalue weighted by Gasteiger charge is -2.33. The molecule has 0 unspecified atom stereocenters. The standard InChI is InChI=1S/C19H22N4O5S/c1-15-5-2-3-8-18(15)20-19(24)14-21-9-11-22(12-10-21)29(27,28)17-7-4-6-16(13-17)23(25)26/h2-8,13H,9-12,14H2,1H3,(H,20,24). The SMILES string of the molecule is Cc1ccccc1NC(=O)CN1CCN(S(=O)(=O)c2cccc([N+](=O)[O-])c2)CC1.